The molecule has 0 aliphatic heterocycles. The highest BCUT2D eigenvalue weighted by atomic mass is 79.9. The number of esters is 1. The second-order valence-electron chi connectivity index (χ2n) is 5.72. The smallest absolute Gasteiger partial charge is 0.303 e. The molecule has 0 amide bonds. The summed E-state index contributed by atoms with van der Waals surface area (Å²) >= 11 is 3.46. The van der Waals surface area contributed by atoms with E-state index in [1.165, 1.54) is 6.92 Å². The summed E-state index contributed by atoms with van der Waals surface area (Å²) < 4.78 is 8.48. The fourth-order valence-corrected chi connectivity index (χ4v) is 3.09. The second kappa shape index (κ2) is 8.07. The van der Waals surface area contributed by atoms with E-state index >= 15 is 0 Å². The summed E-state index contributed by atoms with van der Waals surface area (Å²) in [6.07, 6.45) is 3.04. The molecular weight excluding hydrogens is 382 g/mol. The molecule has 0 spiro atoms. The average Bonchev–Trinajstić information content (AvgIpc) is 3.13. The largest absolute Gasteiger partial charge is 0.457 e. The summed E-state index contributed by atoms with van der Waals surface area (Å²) in [6.45, 7) is 1.98. The van der Waals surface area contributed by atoms with Crippen molar-refractivity contribution in [2.24, 2.45) is 0 Å². The molecule has 2 atom stereocenters. The summed E-state index contributed by atoms with van der Waals surface area (Å²) in [6, 6.07) is 17.8. The Morgan fingerprint density at radius 2 is 1.84 bits per heavy atom. The maximum atomic E-state index is 11.8. The van der Waals surface area contributed by atoms with E-state index in [4.69, 9.17) is 4.74 Å². The first-order valence-electron chi connectivity index (χ1n) is 7.95. The van der Waals surface area contributed by atoms with Crippen molar-refractivity contribution in [1.29, 1.82) is 0 Å². The van der Waals surface area contributed by atoms with Gasteiger partial charge in [0.1, 0.15) is 6.10 Å². The Hall–Kier alpha value is -2.47. The number of rotatable bonds is 6. The maximum absolute atomic E-state index is 11.8. The molecule has 0 unspecified atom stereocenters. The Balaban J connectivity index is 2.02. The molecule has 128 valence electrons. The molecule has 0 bridgehead atoms. The third kappa shape index (κ3) is 4.54. The third-order valence-electron chi connectivity index (χ3n) is 3.94. The van der Waals surface area contributed by atoms with Gasteiger partial charge in [-0.05, 0) is 23.3 Å². The van der Waals surface area contributed by atoms with Gasteiger partial charge in [0.25, 0.3) is 0 Å². The molecule has 0 saturated heterocycles. The Bertz CT molecular complexity index is 804. The number of benzene rings is 2. The molecule has 0 N–H and O–H groups in total. The van der Waals surface area contributed by atoms with Gasteiger partial charge in [-0.2, -0.15) is 0 Å². The Morgan fingerprint density at radius 3 is 2.44 bits per heavy atom. The highest BCUT2D eigenvalue weighted by Gasteiger charge is 2.28. The normalized spacial score (nSPS) is 13.2. The fraction of sp³-hybridized carbons (Fsp3) is 0.211. The topological polar surface area (TPSA) is 57.0 Å². The van der Waals surface area contributed by atoms with Crippen LogP contribution in [-0.2, 0) is 16.1 Å². The van der Waals surface area contributed by atoms with Crippen molar-refractivity contribution in [3.63, 3.8) is 0 Å². The Labute approximate surface area is 154 Å². The summed E-state index contributed by atoms with van der Waals surface area (Å²) in [7, 11) is 0. The van der Waals surface area contributed by atoms with E-state index in [0.29, 0.717) is 6.54 Å². The number of aromatic nitrogens is 3. The molecule has 6 heteroatoms. The molecular formula is C19H18BrN3O2. The molecule has 0 aliphatic carbocycles. The number of carbonyl (C=O) groups excluding carboxylic acids is 1. The second-order valence-corrected chi connectivity index (χ2v) is 6.64. The molecule has 0 radical (unpaired) electrons. The van der Waals surface area contributed by atoms with Crippen molar-refractivity contribution in [2.45, 2.75) is 25.5 Å². The van der Waals surface area contributed by atoms with E-state index in [1.807, 2.05) is 60.8 Å². The molecule has 2 aromatic carbocycles. The van der Waals surface area contributed by atoms with Crippen LogP contribution in [0.15, 0.2) is 71.5 Å². The summed E-state index contributed by atoms with van der Waals surface area (Å²) in [5, 5.41) is 7.94. The van der Waals surface area contributed by atoms with Crippen LogP contribution >= 0.6 is 15.9 Å². The monoisotopic (exact) mass is 399 g/mol. The lowest BCUT2D eigenvalue weighted by atomic mass is 9.89. The zero-order chi connectivity index (χ0) is 17.6. The third-order valence-corrected chi connectivity index (χ3v) is 4.47. The minimum absolute atomic E-state index is 0.0962. The van der Waals surface area contributed by atoms with Gasteiger partial charge in [-0.25, -0.2) is 0 Å². The zero-order valence-corrected chi connectivity index (χ0v) is 15.3. The van der Waals surface area contributed by atoms with Crippen molar-refractivity contribution in [2.75, 3.05) is 0 Å². The van der Waals surface area contributed by atoms with Gasteiger partial charge in [-0.3, -0.25) is 9.48 Å². The Morgan fingerprint density at radius 1 is 1.12 bits per heavy atom. The van der Waals surface area contributed by atoms with Crippen molar-refractivity contribution < 1.29 is 9.53 Å². The number of hydrogen-bond donors (Lipinski definition) is 0. The van der Waals surface area contributed by atoms with E-state index in [0.717, 1.165) is 15.6 Å². The van der Waals surface area contributed by atoms with Crippen LogP contribution in [0.25, 0.3) is 0 Å². The van der Waals surface area contributed by atoms with Gasteiger partial charge < -0.3 is 4.74 Å². The molecule has 1 heterocycles. The molecule has 3 aromatic rings. The van der Waals surface area contributed by atoms with Crippen LogP contribution in [-0.4, -0.2) is 21.0 Å². The van der Waals surface area contributed by atoms with Crippen LogP contribution in [0.3, 0.4) is 0 Å². The number of hydrogen-bond acceptors (Lipinski definition) is 4. The van der Waals surface area contributed by atoms with Crippen LogP contribution in [0.4, 0.5) is 0 Å². The first-order chi connectivity index (χ1) is 12.1. The van der Waals surface area contributed by atoms with Gasteiger partial charge in [-0.1, -0.05) is 63.6 Å². The molecule has 0 aliphatic rings. The number of carbonyl (C=O) groups is 1. The SMILES string of the molecule is CC(=O)O[C@@H](c1ccccc1)[C@@H](Cn1ccnn1)c1ccc(Br)cc1. The maximum Gasteiger partial charge on any atom is 0.303 e. The number of ether oxygens (including phenoxy) is 1. The lowest BCUT2D eigenvalue weighted by molar-refractivity contribution is -0.148. The first kappa shape index (κ1) is 17.4. The molecule has 0 saturated carbocycles. The predicted molar refractivity (Wildman–Crippen MR) is 97.9 cm³/mol. The predicted octanol–water partition coefficient (Wildman–Crippen LogP) is 4.13. The van der Waals surface area contributed by atoms with Crippen LogP contribution in [0.1, 0.15) is 30.1 Å². The average molecular weight is 400 g/mol. The van der Waals surface area contributed by atoms with Crippen molar-refractivity contribution in [3.05, 3.63) is 82.6 Å². The van der Waals surface area contributed by atoms with E-state index < -0.39 is 6.10 Å². The van der Waals surface area contributed by atoms with Crippen molar-refractivity contribution in [3.8, 4) is 0 Å². The van der Waals surface area contributed by atoms with Crippen LogP contribution in [0, 0.1) is 0 Å². The standard InChI is InChI=1S/C19H18BrN3O2/c1-14(24)25-19(16-5-3-2-4-6-16)18(13-23-12-11-21-22-23)15-7-9-17(20)10-8-15/h2-12,18-19H,13H2,1H3/t18-,19-/m0/s1. The number of nitrogens with zero attached hydrogens (tertiary/aromatic N) is 3. The molecule has 5 nitrogen and oxygen atoms in total. The van der Waals surface area contributed by atoms with E-state index in [9.17, 15) is 4.79 Å². The lowest BCUT2D eigenvalue weighted by Crippen LogP contribution is -2.22. The zero-order valence-electron chi connectivity index (χ0n) is 13.7. The molecule has 0 fully saturated rings. The van der Waals surface area contributed by atoms with Crippen molar-refractivity contribution >= 4 is 21.9 Å². The van der Waals surface area contributed by atoms with E-state index in [2.05, 4.69) is 26.2 Å². The Kier molecular flexibility index (Phi) is 5.60. The van der Waals surface area contributed by atoms with Crippen LogP contribution < -0.4 is 0 Å². The number of halogens is 1. The lowest BCUT2D eigenvalue weighted by Gasteiger charge is -2.27. The van der Waals surface area contributed by atoms with Gasteiger partial charge in [0.2, 0.25) is 0 Å². The van der Waals surface area contributed by atoms with E-state index in [-0.39, 0.29) is 11.9 Å². The van der Waals surface area contributed by atoms with Gasteiger partial charge >= 0.3 is 5.97 Å². The quantitative estimate of drug-likeness (QED) is 0.584. The highest BCUT2D eigenvalue weighted by molar-refractivity contribution is 9.10. The summed E-state index contributed by atoms with van der Waals surface area (Å²) in [4.78, 5) is 11.8. The van der Waals surface area contributed by atoms with E-state index in [1.54, 1.807) is 10.9 Å². The highest BCUT2D eigenvalue weighted by Crippen LogP contribution is 2.36. The minimum atomic E-state index is -0.413. The van der Waals surface area contributed by atoms with Gasteiger partial charge in [0.05, 0.1) is 12.7 Å². The summed E-state index contributed by atoms with van der Waals surface area (Å²) in [5.74, 6) is -0.407. The fourth-order valence-electron chi connectivity index (χ4n) is 2.82. The van der Waals surface area contributed by atoms with Gasteiger partial charge in [0, 0.05) is 23.5 Å². The summed E-state index contributed by atoms with van der Waals surface area (Å²) in [5.41, 5.74) is 2.01. The molecule has 1 aromatic heterocycles. The van der Waals surface area contributed by atoms with Gasteiger partial charge in [0.15, 0.2) is 0 Å². The molecule has 3 rings (SSSR count). The minimum Gasteiger partial charge on any atom is -0.457 e. The first-order valence-corrected chi connectivity index (χ1v) is 8.74. The van der Waals surface area contributed by atoms with Crippen molar-refractivity contribution in [1.82, 2.24) is 15.0 Å². The molecule has 25 heavy (non-hydrogen) atoms. The van der Waals surface area contributed by atoms with Crippen LogP contribution in [0.2, 0.25) is 0 Å². The van der Waals surface area contributed by atoms with Crippen LogP contribution in [0.5, 0.6) is 0 Å². The van der Waals surface area contributed by atoms with Gasteiger partial charge in [-0.15, -0.1) is 5.10 Å².